The first-order valence-corrected chi connectivity index (χ1v) is 9.00. The summed E-state index contributed by atoms with van der Waals surface area (Å²) in [6.07, 6.45) is 3.11. The van der Waals surface area contributed by atoms with E-state index < -0.39 is 0 Å². The summed E-state index contributed by atoms with van der Waals surface area (Å²) in [5.74, 6) is 0.557. The van der Waals surface area contributed by atoms with E-state index in [2.05, 4.69) is 55.8 Å². The van der Waals surface area contributed by atoms with E-state index in [9.17, 15) is 0 Å². The maximum Gasteiger partial charge on any atom is 0.0630 e. The number of anilines is 1. The van der Waals surface area contributed by atoms with E-state index in [1.165, 1.54) is 17.7 Å². The van der Waals surface area contributed by atoms with E-state index >= 15 is 0 Å². The predicted octanol–water partition coefficient (Wildman–Crippen LogP) is 6.20. The quantitative estimate of drug-likeness (QED) is 0.607. The minimum Gasteiger partial charge on any atom is -0.366 e. The topological polar surface area (TPSA) is 15.6 Å². The molecular formula is C21H25ClN2. The Kier molecular flexibility index (Phi) is 4.69. The largest absolute Gasteiger partial charge is 0.366 e. The molecule has 1 aliphatic heterocycles. The number of nitrogens with zero attached hydrogens (tertiary/aromatic N) is 2. The summed E-state index contributed by atoms with van der Waals surface area (Å²) >= 11 is 5.92. The third-order valence-electron chi connectivity index (χ3n) is 4.92. The summed E-state index contributed by atoms with van der Waals surface area (Å²) in [7, 11) is 0. The Labute approximate surface area is 150 Å². The molecule has 2 aromatic carbocycles. The van der Waals surface area contributed by atoms with E-state index in [0.717, 1.165) is 22.8 Å². The molecule has 0 bridgehead atoms. The number of rotatable bonds is 3. The lowest BCUT2D eigenvalue weighted by molar-refractivity contribution is 0.381. The summed E-state index contributed by atoms with van der Waals surface area (Å²) < 4.78 is 0. The molecule has 0 unspecified atom stereocenters. The van der Waals surface area contributed by atoms with Crippen LogP contribution in [-0.2, 0) is 0 Å². The lowest BCUT2D eigenvalue weighted by atomic mass is 9.79. The summed E-state index contributed by atoms with van der Waals surface area (Å²) in [5, 5.41) is 0.735. The molecule has 1 atom stereocenters. The Morgan fingerprint density at radius 3 is 2.58 bits per heavy atom. The lowest BCUT2D eigenvalue weighted by Gasteiger charge is -2.47. The fourth-order valence-electron chi connectivity index (χ4n) is 3.86. The molecule has 0 saturated carbocycles. The molecule has 0 radical (unpaired) electrons. The van der Waals surface area contributed by atoms with Crippen molar-refractivity contribution in [1.29, 1.82) is 0 Å². The molecule has 2 aromatic rings. The Hall–Kier alpha value is -1.80. The van der Waals surface area contributed by atoms with E-state index in [0.29, 0.717) is 5.92 Å². The van der Waals surface area contributed by atoms with Gasteiger partial charge >= 0.3 is 0 Å². The molecule has 1 heterocycles. The molecule has 2 nitrogen and oxygen atoms in total. The zero-order valence-electron chi connectivity index (χ0n) is 14.9. The van der Waals surface area contributed by atoms with Crippen molar-refractivity contribution in [3.8, 4) is 0 Å². The zero-order valence-corrected chi connectivity index (χ0v) is 15.6. The minimum absolute atomic E-state index is 0.208. The van der Waals surface area contributed by atoms with Crippen molar-refractivity contribution in [1.82, 2.24) is 0 Å². The molecule has 0 N–H and O–H groups in total. The summed E-state index contributed by atoms with van der Waals surface area (Å²) in [6.45, 7) is 10.3. The summed E-state index contributed by atoms with van der Waals surface area (Å²) in [4.78, 5) is 7.08. The third kappa shape index (κ3) is 3.34. The molecule has 3 rings (SSSR count). The molecule has 1 aliphatic rings. The van der Waals surface area contributed by atoms with Crippen molar-refractivity contribution in [2.75, 3.05) is 11.4 Å². The molecule has 126 valence electrons. The van der Waals surface area contributed by atoms with Gasteiger partial charge in [0.2, 0.25) is 0 Å². The second kappa shape index (κ2) is 6.60. The maximum absolute atomic E-state index is 5.92. The first-order valence-electron chi connectivity index (χ1n) is 8.62. The van der Waals surface area contributed by atoms with Gasteiger partial charge in [0.15, 0.2) is 0 Å². The number of fused-ring (bicyclic) bond motifs is 1. The van der Waals surface area contributed by atoms with Crippen LogP contribution < -0.4 is 4.90 Å². The average Bonchev–Trinajstić information content (AvgIpc) is 2.54. The van der Waals surface area contributed by atoms with Crippen molar-refractivity contribution >= 4 is 29.2 Å². The zero-order chi connectivity index (χ0) is 17.3. The molecule has 0 aromatic heterocycles. The fraction of sp³-hybridized carbons (Fsp3) is 0.381. The average molecular weight is 341 g/mol. The Bertz CT molecular complexity index is 747. The van der Waals surface area contributed by atoms with Crippen molar-refractivity contribution in [3.05, 3.63) is 58.6 Å². The van der Waals surface area contributed by atoms with Gasteiger partial charge in [-0.05, 0) is 80.6 Å². The highest BCUT2D eigenvalue weighted by atomic mass is 35.5. The number of hydrogen-bond donors (Lipinski definition) is 0. The fourth-order valence-corrected chi connectivity index (χ4v) is 3.99. The number of aliphatic imine (C=N–C) groups is 1. The first-order chi connectivity index (χ1) is 11.4. The molecule has 0 saturated heterocycles. The number of halogens is 1. The normalized spacial score (nSPS) is 19.5. The van der Waals surface area contributed by atoms with Crippen LogP contribution in [0.15, 0.2) is 47.5 Å². The van der Waals surface area contributed by atoms with E-state index in [-0.39, 0.29) is 5.54 Å². The van der Waals surface area contributed by atoms with Crippen LogP contribution in [0.25, 0.3) is 0 Å². The number of hydrogen-bond acceptors (Lipinski definition) is 2. The van der Waals surface area contributed by atoms with Gasteiger partial charge in [-0.3, -0.25) is 4.99 Å². The van der Waals surface area contributed by atoms with Gasteiger partial charge in [-0.1, -0.05) is 24.6 Å². The van der Waals surface area contributed by atoms with Crippen molar-refractivity contribution in [2.24, 2.45) is 4.99 Å². The monoisotopic (exact) mass is 340 g/mol. The second-order valence-electron chi connectivity index (χ2n) is 7.21. The molecule has 0 spiro atoms. The summed E-state index contributed by atoms with van der Waals surface area (Å²) in [5.41, 5.74) is 5.06. The van der Waals surface area contributed by atoms with Crippen LogP contribution in [-0.4, -0.2) is 18.3 Å². The maximum atomic E-state index is 5.92. The van der Waals surface area contributed by atoms with Gasteiger partial charge in [-0.15, -0.1) is 0 Å². The Balaban J connectivity index is 1.91. The third-order valence-corrected chi connectivity index (χ3v) is 5.17. The first kappa shape index (κ1) is 17.0. The summed E-state index contributed by atoms with van der Waals surface area (Å²) in [6, 6.07) is 14.3. The predicted molar refractivity (Wildman–Crippen MR) is 105 cm³/mol. The van der Waals surface area contributed by atoms with E-state index in [1.54, 1.807) is 0 Å². The van der Waals surface area contributed by atoms with Crippen molar-refractivity contribution < 1.29 is 0 Å². The minimum atomic E-state index is 0.208. The Morgan fingerprint density at radius 2 is 1.92 bits per heavy atom. The standard InChI is InChI=1S/C21H25ClN2/c1-5-24-20-11-6-16(12-19(20)15(2)13-21(24,3)4)14-23-18-9-7-17(22)8-10-18/h6-12,14-15H,5,13H2,1-4H3/t15-/m0/s1. The van der Waals surface area contributed by atoms with Gasteiger partial charge in [-0.25, -0.2) is 0 Å². The molecular weight excluding hydrogens is 316 g/mol. The highest BCUT2D eigenvalue weighted by Gasteiger charge is 2.35. The van der Waals surface area contributed by atoms with Crippen LogP contribution in [0.2, 0.25) is 5.02 Å². The molecule has 0 amide bonds. The van der Waals surface area contributed by atoms with Crippen LogP contribution in [0.3, 0.4) is 0 Å². The highest BCUT2D eigenvalue weighted by Crippen LogP contribution is 2.43. The molecule has 3 heteroatoms. The van der Waals surface area contributed by atoms with Gasteiger partial charge in [0.1, 0.15) is 0 Å². The van der Waals surface area contributed by atoms with Gasteiger partial charge in [0.05, 0.1) is 5.69 Å². The van der Waals surface area contributed by atoms with Gasteiger partial charge in [-0.2, -0.15) is 0 Å². The highest BCUT2D eigenvalue weighted by molar-refractivity contribution is 6.30. The smallest absolute Gasteiger partial charge is 0.0630 e. The van der Waals surface area contributed by atoms with Gasteiger partial charge in [0, 0.05) is 29.0 Å². The van der Waals surface area contributed by atoms with Crippen molar-refractivity contribution in [2.45, 2.75) is 45.6 Å². The van der Waals surface area contributed by atoms with Crippen LogP contribution in [0.4, 0.5) is 11.4 Å². The van der Waals surface area contributed by atoms with E-state index in [1.807, 2.05) is 30.5 Å². The Morgan fingerprint density at radius 1 is 1.21 bits per heavy atom. The molecule has 0 aliphatic carbocycles. The number of benzene rings is 2. The van der Waals surface area contributed by atoms with Gasteiger partial charge in [0.25, 0.3) is 0 Å². The molecule has 0 fully saturated rings. The SMILES string of the molecule is CCN1c2ccc(C=Nc3ccc(Cl)cc3)cc2[C@@H](C)CC1(C)C. The van der Waals surface area contributed by atoms with Crippen LogP contribution >= 0.6 is 11.6 Å². The van der Waals surface area contributed by atoms with E-state index in [4.69, 9.17) is 11.6 Å². The van der Waals surface area contributed by atoms with Crippen LogP contribution in [0.5, 0.6) is 0 Å². The second-order valence-corrected chi connectivity index (χ2v) is 7.65. The van der Waals surface area contributed by atoms with Crippen molar-refractivity contribution in [3.63, 3.8) is 0 Å². The lowest BCUT2D eigenvalue weighted by Crippen LogP contribution is -2.48. The van der Waals surface area contributed by atoms with Crippen LogP contribution in [0.1, 0.15) is 51.2 Å². The van der Waals surface area contributed by atoms with Gasteiger partial charge < -0.3 is 4.90 Å². The van der Waals surface area contributed by atoms with Crippen LogP contribution in [0, 0.1) is 0 Å². The molecule has 24 heavy (non-hydrogen) atoms.